The van der Waals surface area contributed by atoms with Crippen molar-refractivity contribution in [1.82, 2.24) is 5.32 Å². The van der Waals surface area contributed by atoms with Crippen molar-refractivity contribution in [1.29, 1.82) is 0 Å². The number of nitrogens with one attached hydrogen (secondary N) is 2. The van der Waals surface area contributed by atoms with Gasteiger partial charge in [0.2, 0.25) is 11.8 Å². The molecule has 2 amide bonds. The van der Waals surface area contributed by atoms with Crippen LogP contribution in [0.2, 0.25) is 0 Å². The Bertz CT molecular complexity index is 805. The van der Waals surface area contributed by atoms with Crippen molar-refractivity contribution < 1.29 is 19.1 Å². The average Bonchev–Trinajstić information content (AvgIpc) is 2.67. The van der Waals surface area contributed by atoms with Crippen molar-refractivity contribution in [2.24, 2.45) is 23.2 Å². The highest BCUT2D eigenvalue weighted by Crippen LogP contribution is 2.60. The molecule has 4 fully saturated rings. The van der Waals surface area contributed by atoms with Crippen molar-refractivity contribution in [3.05, 3.63) is 16.6 Å². The lowest BCUT2D eigenvalue weighted by Crippen LogP contribution is -2.53. The molecular formula is C22H27BrN2O4. The molecule has 0 spiro atoms. The number of fused-ring (bicyclic) bond motifs is 1. The third kappa shape index (κ3) is 3.74. The minimum atomic E-state index is -0.163. The van der Waals surface area contributed by atoms with Gasteiger partial charge in [-0.05, 0) is 72.2 Å². The van der Waals surface area contributed by atoms with E-state index in [1.54, 1.807) is 12.1 Å². The van der Waals surface area contributed by atoms with E-state index in [1.165, 1.54) is 19.3 Å². The van der Waals surface area contributed by atoms with E-state index in [-0.39, 0.29) is 23.7 Å². The quantitative estimate of drug-likeness (QED) is 0.695. The van der Waals surface area contributed by atoms with E-state index in [0.717, 1.165) is 41.5 Å². The SMILES string of the molecule is O=C(CCNC(=O)C12CC3CC(CC(C3)C1)C2)Nc1cc2c(cc1Br)OCCO2. The smallest absolute Gasteiger partial charge is 0.226 e. The van der Waals surface area contributed by atoms with Crippen molar-refractivity contribution in [3.8, 4) is 11.5 Å². The first-order valence-electron chi connectivity index (χ1n) is 10.7. The summed E-state index contributed by atoms with van der Waals surface area (Å²) < 4.78 is 11.9. The van der Waals surface area contributed by atoms with Gasteiger partial charge in [-0.1, -0.05) is 0 Å². The maximum Gasteiger partial charge on any atom is 0.226 e. The number of amides is 2. The summed E-state index contributed by atoms with van der Waals surface area (Å²) in [5, 5.41) is 5.96. The van der Waals surface area contributed by atoms with Crippen LogP contribution in [0, 0.1) is 23.2 Å². The molecule has 29 heavy (non-hydrogen) atoms. The Morgan fingerprint density at radius 3 is 2.21 bits per heavy atom. The van der Waals surface area contributed by atoms with Gasteiger partial charge < -0.3 is 20.1 Å². The van der Waals surface area contributed by atoms with Gasteiger partial charge >= 0.3 is 0 Å². The van der Waals surface area contributed by atoms with Gasteiger partial charge in [0.05, 0.1) is 5.69 Å². The first-order valence-corrected chi connectivity index (χ1v) is 11.5. The average molecular weight is 463 g/mol. The van der Waals surface area contributed by atoms with Gasteiger partial charge in [-0.15, -0.1) is 0 Å². The largest absolute Gasteiger partial charge is 0.486 e. The van der Waals surface area contributed by atoms with Crippen LogP contribution >= 0.6 is 15.9 Å². The van der Waals surface area contributed by atoms with Gasteiger partial charge in [0.25, 0.3) is 0 Å². The lowest BCUT2D eigenvalue weighted by Gasteiger charge is -2.55. The molecule has 7 heteroatoms. The van der Waals surface area contributed by atoms with E-state index in [4.69, 9.17) is 9.47 Å². The zero-order valence-corrected chi connectivity index (χ0v) is 18.1. The Morgan fingerprint density at radius 1 is 1.00 bits per heavy atom. The van der Waals surface area contributed by atoms with Crippen LogP contribution in [0.1, 0.15) is 44.9 Å². The molecule has 1 aromatic rings. The zero-order valence-electron chi connectivity index (χ0n) is 16.5. The van der Waals surface area contributed by atoms with Crippen LogP contribution in [0.3, 0.4) is 0 Å². The molecule has 0 unspecified atom stereocenters. The molecular weight excluding hydrogens is 436 g/mol. The summed E-state index contributed by atoms with van der Waals surface area (Å²) in [5.41, 5.74) is 0.482. The summed E-state index contributed by atoms with van der Waals surface area (Å²) in [6.45, 7) is 1.39. The van der Waals surface area contributed by atoms with Crippen LogP contribution in [0.4, 0.5) is 5.69 Å². The molecule has 1 aliphatic heterocycles. The highest BCUT2D eigenvalue weighted by molar-refractivity contribution is 9.10. The molecule has 156 valence electrons. The van der Waals surface area contributed by atoms with Crippen molar-refractivity contribution >= 4 is 33.4 Å². The Balaban J connectivity index is 1.14. The minimum Gasteiger partial charge on any atom is -0.486 e. The number of hydrogen-bond donors (Lipinski definition) is 2. The molecule has 6 nitrogen and oxygen atoms in total. The summed E-state index contributed by atoms with van der Waals surface area (Å²) in [4.78, 5) is 25.4. The number of rotatable bonds is 5. The normalized spacial score (nSPS) is 31.4. The number of ether oxygens (including phenoxy) is 2. The molecule has 4 saturated carbocycles. The van der Waals surface area contributed by atoms with Crippen LogP contribution in [0.15, 0.2) is 16.6 Å². The lowest BCUT2D eigenvalue weighted by molar-refractivity contribution is -0.146. The molecule has 5 aliphatic rings. The van der Waals surface area contributed by atoms with Crippen LogP contribution in [0.5, 0.6) is 11.5 Å². The zero-order chi connectivity index (χ0) is 20.0. The molecule has 6 rings (SSSR count). The van der Waals surface area contributed by atoms with E-state index in [0.29, 0.717) is 36.9 Å². The first kappa shape index (κ1) is 19.2. The third-order valence-corrected chi connectivity index (χ3v) is 7.72. The van der Waals surface area contributed by atoms with Crippen molar-refractivity contribution in [2.45, 2.75) is 44.9 Å². The predicted octanol–water partition coefficient (Wildman–Crippen LogP) is 3.88. The highest BCUT2D eigenvalue weighted by atomic mass is 79.9. The molecule has 0 atom stereocenters. The number of carbonyl (C=O) groups excluding carboxylic acids is 2. The molecule has 0 aromatic heterocycles. The topological polar surface area (TPSA) is 76.7 Å². The van der Waals surface area contributed by atoms with Gasteiger partial charge in [0.1, 0.15) is 13.2 Å². The Kier molecular flexibility index (Phi) is 4.96. The van der Waals surface area contributed by atoms with Gasteiger partial charge in [0, 0.05) is 35.0 Å². The summed E-state index contributed by atoms with van der Waals surface area (Å²) in [5.74, 6) is 3.56. The van der Waals surface area contributed by atoms with Crippen molar-refractivity contribution in [2.75, 3.05) is 25.1 Å². The van der Waals surface area contributed by atoms with Crippen LogP contribution in [-0.2, 0) is 9.59 Å². The molecule has 1 heterocycles. The summed E-state index contributed by atoms with van der Waals surface area (Å²) in [7, 11) is 0. The Morgan fingerprint density at radius 2 is 1.59 bits per heavy atom. The Hall–Kier alpha value is -1.76. The fraction of sp³-hybridized carbons (Fsp3) is 0.636. The predicted molar refractivity (Wildman–Crippen MR) is 112 cm³/mol. The molecule has 2 N–H and O–H groups in total. The summed E-state index contributed by atoms with van der Waals surface area (Å²) in [6, 6.07) is 3.57. The lowest BCUT2D eigenvalue weighted by atomic mass is 9.49. The van der Waals surface area contributed by atoms with Crippen LogP contribution in [-0.4, -0.2) is 31.6 Å². The van der Waals surface area contributed by atoms with E-state index >= 15 is 0 Å². The fourth-order valence-corrected chi connectivity index (χ4v) is 6.66. The van der Waals surface area contributed by atoms with Gasteiger partial charge in [-0.25, -0.2) is 0 Å². The van der Waals surface area contributed by atoms with Crippen LogP contribution < -0.4 is 20.1 Å². The third-order valence-electron chi connectivity index (χ3n) is 7.06. The first-order chi connectivity index (χ1) is 14.0. The van der Waals surface area contributed by atoms with Crippen molar-refractivity contribution in [3.63, 3.8) is 0 Å². The van der Waals surface area contributed by atoms with E-state index < -0.39 is 0 Å². The Labute approximate surface area is 179 Å². The van der Waals surface area contributed by atoms with Gasteiger partial charge in [-0.3, -0.25) is 9.59 Å². The second-order valence-corrected chi connectivity index (χ2v) is 10.1. The molecule has 4 aliphatic carbocycles. The molecule has 0 saturated heterocycles. The number of benzene rings is 1. The monoisotopic (exact) mass is 462 g/mol. The summed E-state index contributed by atoms with van der Waals surface area (Å²) in [6.07, 6.45) is 7.33. The standard InChI is InChI=1S/C22H27BrN2O4/c23-16-8-18-19(29-4-3-28-18)9-17(16)25-20(26)1-2-24-21(27)22-10-13-5-14(11-22)7-15(6-13)12-22/h8-9,13-15H,1-7,10-12H2,(H,24,27)(H,25,26). The minimum absolute atomic E-state index is 0.131. The number of carbonyl (C=O) groups is 2. The second-order valence-electron chi connectivity index (χ2n) is 9.23. The van der Waals surface area contributed by atoms with Crippen LogP contribution in [0.25, 0.3) is 0 Å². The molecule has 0 radical (unpaired) electrons. The highest BCUT2D eigenvalue weighted by Gasteiger charge is 2.54. The fourth-order valence-electron chi connectivity index (χ4n) is 6.24. The maximum atomic E-state index is 13.0. The van der Waals surface area contributed by atoms with E-state index in [9.17, 15) is 9.59 Å². The molecule has 1 aromatic carbocycles. The maximum absolute atomic E-state index is 13.0. The molecule has 4 bridgehead atoms. The number of hydrogen-bond acceptors (Lipinski definition) is 4. The summed E-state index contributed by atoms with van der Waals surface area (Å²) >= 11 is 3.47. The van der Waals surface area contributed by atoms with E-state index in [1.807, 2.05) is 0 Å². The van der Waals surface area contributed by atoms with E-state index in [2.05, 4.69) is 26.6 Å². The van der Waals surface area contributed by atoms with Gasteiger partial charge in [0.15, 0.2) is 11.5 Å². The second kappa shape index (κ2) is 7.49. The number of halogens is 1. The van der Waals surface area contributed by atoms with Gasteiger partial charge in [-0.2, -0.15) is 0 Å². The number of anilines is 1.